The van der Waals surface area contributed by atoms with E-state index >= 15 is 0 Å². The van der Waals surface area contributed by atoms with Crippen LogP contribution in [0.4, 0.5) is 5.69 Å². The van der Waals surface area contributed by atoms with Crippen LogP contribution in [0.25, 0.3) is 11.1 Å². The highest BCUT2D eigenvalue weighted by Crippen LogP contribution is 2.46. The van der Waals surface area contributed by atoms with Crippen molar-refractivity contribution in [2.45, 2.75) is 25.3 Å². The second-order valence-corrected chi connectivity index (χ2v) is 8.27. The first-order chi connectivity index (χ1) is 14.1. The first-order valence-corrected chi connectivity index (χ1v) is 10.1. The molecule has 3 aromatic rings. The molecule has 0 amide bonds. The van der Waals surface area contributed by atoms with Crippen molar-refractivity contribution in [1.29, 1.82) is 0 Å². The fraction of sp³-hybridized carbons (Fsp3) is 0.192. The van der Waals surface area contributed by atoms with E-state index in [-0.39, 0.29) is 11.5 Å². The highest BCUT2D eigenvalue weighted by Gasteiger charge is 2.37. The lowest BCUT2D eigenvalue weighted by atomic mass is 9.84. The number of likely N-dealkylation sites (N-methyl/N-ethyl adjacent to an activating group) is 1. The standard InChI is InChI=1S/C26H25N3/c1-26(2)22-14-8-9-15-23(22)29(3)24(26)16-17-27-28-25-20-12-6-4-10-18(20)19-11-5-7-13-21(19)25/h4-17,25,28H,1-3H3/b24-16-,27-17?. The third-order valence-corrected chi connectivity index (χ3v) is 6.28. The van der Waals surface area contributed by atoms with Crippen molar-refractivity contribution < 1.29 is 0 Å². The molecule has 144 valence electrons. The number of allylic oxidation sites excluding steroid dienone is 2. The molecule has 0 saturated carbocycles. The van der Waals surface area contributed by atoms with Crippen molar-refractivity contribution >= 4 is 11.9 Å². The number of anilines is 1. The van der Waals surface area contributed by atoms with Crippen LogP contribution in [0.1, 0.15) is 36.6 Å². The summed E-state index contributed by atoms with van der Waals surface area (Å²) in [5.74, 6) is 0. The lowest BCUT2D eigenvalue weighted by Crippen LogP contribution is -2.23. The van der Waals surface area contributed by atoms with Gasteiger partial charge in [0.05, 0.1) is 6.04 Å². The normalized spacial score (nSPS) is 18.2. The summed E-state index contributed by atoms with van der Waals surface area (Å²) in [4.78, 5) is 2.27. The molecule has 1 aliphatic carbocycles. The molecule has 1 aliphatic heterocycles. The number of nitrogens with zero attached hydrogens (tertiary/aromatic N) is 2. The molecule has 0 bridgehead atoms. The zero-order valence-corrected chi connectivity index (χ0v) is 17.1. The largest absolute Gasteiger partial charge is 0.347 e. The van der Waals surface area contributed by atoms with Crippen molar-refractivity contribution in [3.63, 3.8) is 0 Å². The molecule has 3 aromatic carbocycles. The van der Waals surface area contributed by atoms with Gasteiger partial charge in [0, 0.05) is 30.1 Å². The Morgan fingerprint density at radius 3 is 2.10 bits per heavy atom. The van der Waals surface area contributed by atoms with Gasteiger partial charge >= 0.3 is 0 Å². The fourth-order valence-corrected chi connectivity index (χ4v) is 4.82. The molecule has 2 aliphatic rings. The molecule has 29 heavy (non-hydrogen) atoms. The van der Waals surface area contributed by atoms with Gasteiger partial charge in [0.25, 0.3) is 0 Å². The summed E-state index contributed by atoms with van der Waals surface area (Å²) in [6.07, 6.45) is 4.02. The van der Waals surface area contributed by atoms with Crippen LogP contribution in [0.5, 0.6) is 0 Å². The minimum atomic E-state index is -0.0378. The van der Waals surface area contributed by atoms with Crippen molar-refractivity contribution in [1.82, 2.24) is 5.43 Å². The molecule has 0 unspecified atom stereocenters. The third-order valence-electron chi connectivity index (χ3n) is 6.28. The molecular formula is C26H25N3. The molecule has 1 heterocycles. The van der Waals surface area contributed by atoms with Gasteiger partial charge in [-0.1, -0.05) is 80.6 Å². The van der Waals surface area contributed by atoms with Crippen LogP contribution in [0.3, 0.4) is 0 Å². The maximum atomic E-state index is 4.60. The monoisotopic (exact) mass is 379 g/mol. The summed E-state index contributed by atoms with van der Waals surface area (Å²) in [7, 11) is 2.13. The van der Waals surface area contributed by atoms with Crippen molar-refractivity contribution in [2.75, 3.05) is 11.9 Å². The Labute approximate surface area is 172 Å². The van der Waals surface area contributed by atoms with E-state index in [1.165, 1.54) is 39.2 Å². The van der Waals surface area contributed by atoms with E-state index in [9.17, 15) is 0 Å². The average Bonchev–Trinajstić information content (AvgIpc) is 3.16. The molecule has 0 radical (unpaired) electrons. The van der Waals surface area contributed by atoms with E-state index in [1.807, 2.05) is 6.21 Å². The van der Waals surface area contributed by atoms with Crippen LogP contribution >= 0.6 is 0 Å². The predicted molar refractivity (Wildman–Crippen MR) is 121 cm³/mol. The Morgan fingerprint density at radius 1 is 0.862 bits per heavy atom. The average molecular weight is 380 g/mol. The highest BCUT2D eigenvalue weighted by atomic mass is 15.3. The predicted octanol–water partition coefficient (Wildman–Crippen LogP) is 5.64. The number of rotatable bonds is 3. The summed E-state index contributed by atoms with van der Waals surface area (Å²) in [6, 6.07) is 25.8. The minimum Gasteiger partial charge on any atom is -0.347 e. The molecule has 3 nitrogen and oxygen atoms in total. The van der Waals surface area contributed by atoms with E-state index in [0.29, 0.717) is 0 Å². The zero-order chi connectivity index (χ0) is 20.0. The van der Waals surface area contributed by atoms with Crippen LogP contribution < -0.4 is 10.3 Å². The van der Waals surface area contributed by atoms with Gasteiger partial charge in [-0.25, -0.2) is 0 Å². The van der Waals surface area contributed by atoms with Crippen LogP contribution in [0.15, 0.2) is 89.7 Å². The van der Waals surface area contributed by atoms with Gasteiger partial charge < -0.3 is 4.90 Å². The summed E-state index contributed by atoms with van der Waals surface area (Å²) < 4.78 is 0. The molecule has 0 spiro atoms. The number of hydrogen-bond acceptors (Lipinski definition) is 3. The van der Waals surface area contributed by atoms with Crippen LogP contribution in [0.2, 0.25) is 0 Å². The molecular weight excluding hydrogens is 354 g/mol. The van der Waals surface area contributed by atoms with E-state index in [0.717, 1.165) is 0 Å². The van der Waals surface area contributed by atoms with Crippen LogP contribution in [0, 0.1) is 0 Å². The number of benzene rings is 3. The molecule has 3 heteroatoms. The molecule has 0 atom stereocenters. The lowest BCUT2D eigenvalue weighted by molar-refractivity contribution is 0.639. The van der Waals surface area contributed by atoms with Gasteiger partial charge in [-0.15, -0.1) is 0 Å². The third kappa shape index (κ3) is 2.69. The first-order valence-electron chi connectivity index (χ1n) is 10.1. The first kappa shape index (κ1) is 17.7. The van der Waals surface area contributed by atoms with Crippen molar-refractivity contribution in [3.8, 4) is 11.1 Å². The van der Waals surface area contributed by atoms with E-state index < -0.39 is 0 Å². The maximum absolute atomic E-state index is 4.60. The quantitative estimate of drug-likeness (QED) is 0.471. The molecule has 1 N–H and O–H groups in total. The molecule has 0 saturated heterocycles. The minimum absolute atomic E-state index is 0.0378. The van der Waals surface area contributed by atoms with Gasteiger partial charge in [-0.3, -0.25) is 5.43 Å². The second-order valence-electron chi connectivity index (χ2n) is 8.27. The van der Waals surface area contributed by atoms with Gasteiger partial charge in [-0.05, 0) is 40.0 Å². The smallest absolute Gasteiger partial charge is 0.0951 e. The number of nitrogens with one attached hydrogen (secondary N) is 1. The Hall–Kier alpha value is -3.33. The summed E-state index contributed by atoms with van der Waals surface area (Å²) in [6.45, 7) is 4.54. The Morgan fingerprint density at radius 2 is 1.45 bits per heavy atom. The van der Waals surface area contributed by atoms with Gasteiger partial charge in [-0.2, -0.15) is 5.10 Å². The highest BCUT2D eigenvalue weighted by molar-refractivity contribution is 5.80. The molecule has 5 rings (SSSR count). The maximum Gasteiger partial charge on any atom is 0.0951 e. The Bertz CT molecular complexity index is 1090. The van der Waals surface area contributed by atoms with E-state index in [1.54, 1.807) is 0 Å². The van der Waals surface area contributed by atoms with Crippen LogP contribution in [-0.4, -0.2) is 13.3 Å². The Balaban J connectivity index is 1.42. The van der Waals surface area contributed by atoms with Gasteiger partial charge in [0.1, 0.15) is 0 Å². The lowest BCUT2D eigenvalue weighted by Gasteiger charge is -2.23. The number of para-hydroxylation sites is 1. The molecule has 0 aromatic heterocycles. The molecule has 0 fully saturated rings. The summed E-state index contributed by atoms with van der Waals surface area (Å²) in [5, 5.41) is 4.60. The summed E-state index contributed by atoms with van der Waals surface area (Å²) >= 11 is 0. The number of fused-ring (bicyclic) bond motifs is 4. The number of hydrogen-bond donors (Lipinski definition) is 1. The number of hydrazone groups is 1. The van der Waals surface area contributed by atoms with Crippen molar-refractivity contribution in [3.05, 3.63) is 101 Å². The summed E-state index contributed by atoms with van der Waals surface area (Å²) in [5.41, 5.74) is 12.4. The van der Waals surface area contributed by atoms with Gasteiger partial charge in [0.15, 0.2) is 0 Å². The SMILES string of the molecule is CN1/C(=C\C=NNC2c3ccccc3-c3ccccc32)C(C)(C)c2ccccc21. The van der Waals surface area contributed by atoms with Crippen LogP contribution in [-0.2, 0) is 5.41 Å². The van der Waals surface area contributed by atoms with E-state index in [2.05, 4.69) is 115 Å². The topological polar surface area (TPSA) is 27.6 Å². The van der Waals surface area contributed by atoms with Gasteiger partial charge in [0.2, 0.25) is 0 Å². The van der Waals surface area contributed by atoms with E-state index in [4.69, 9.17) is 0 Å². The zero-order valence-electron chi connectivity index (χ0n) is 17.1. The van der Waals surface area contributed by atoms with Crippen molar-refractivity contribution in [2.24, 2.45) is 5.10 Å². The fourth-order valence-electron chi connectivity index (χ4n) is 4.82. The Kier molecular flexibility index (Phi) is 4.06. The second kappa shape index (κ2) is 6.63.